The molecule has 2 atom stereocenters. The van der Waals surface area contributed by atoms with E-state index in [1.807, 2.05) is 13.0 Å². The third-order valence-corrected chi connectivity index (χ3v) is 7.02. The van der Waals surface area contributed by atoms with E-state index in [-0.39, 0.29) is 36.8 Å². The molecule has 1 aromatic carbocycles. The molecule has 4 rings (SSSR count). The van der Waals surface area contributed by atoms with Gasteiger partial charge >= 0.3 is 6.18 Å². The summed E-state index contributed by atoms with van der Waals surface area (Å²) in [5.41, 5.74) is 2.68. The average Bonchev–Trinajstić information content (AvgIpc) is 2.83. The Hall–Kier alpha value is -2.65. The minimum atomic E-state index is -4.52. The topological polar surface area (TPSA) is 65.9 Å². The van der Waals surface area contributed by atoms with Crippen molar-refractivity contribution in [1.29, 1.82) is 0 Å². The van der Waals surface area contributed by atoms with Crippen LogP contribution < -0.4 is 4.74 Å². The van der Waals surface area contributed by atoms with Crippen LogP contribution in [-0.4, -0.2) is 64.7 Å². The normalized spacial score (nSPS) is 21.3. The van der Waals surface area contributed by atoms with E-state index in [2.05, 4.69) is 22.9 Å². The summed E-state index contributed by atoms with van der Waals surface area (Å²) in [5.74, 6) is 0.503. The van der Waals surface area contributed by atoms with E-state index in [0.29, 0.717) is 19.6 Å². The van der Waals surface area contributed by atoms with Gasteiger partial charge in [-0.25, -0.2) is 0 Å². The number of rotatable bonds is 5. The number of aromatic nitrogens is 1. The van der Waals surface area contributed by atoms with Crippen molar-refractivity contribution in [2.75, 3.05) is 32.8 Å². The van der Waals surface area contributed by atoms with E-state index >= 15 is 0 Å². The molecule has 1 amide bonds. The minimum absolute atomic E-state index is 0.0317. The first-order chi connectivity index (χ1) is 16.2. The predicted molar refractivity (Wildman–Crippen MR) is 121 cm³/mol. The van der Waals surface area contributed by atoms with Crippen molar-refractivity contribution in [3.05, 3.63) is 58.4 Å². The number of pyridine rings is 1. The van der Waals surface area contributed by atoms with Crippen LogP contribution in [0.3, 0.4) is 0 Å². The number of ether oxygens (including phenoxy) is 1. The lowest BCUT2D eigenvalue weighted by atomic mass is 9.86. The fraction of sp³-hybridized carbons (Fsp3) is 0.520. The number of piperazine rings is 1. The second-order valence-electron chi connectivity index (χ2n) is 8.99. The second kappa shape index (κ2) is 9.92. The Morgan fingerprint density at radius 2 is 1.94 bits per heavy atom. The van der Waals surface area contributed by atoms with Crippen molar-refractivity contribution in [3.63, 3.8) is 0 Å². The Labute approximate surface area is 197 Å². The number of benzene rings is 1. The number of nitrogens with zero attached hydrogens (tertiary/aromatic N) is 3. The van der Waals surface area contributed by atoms with Crippen LogP contribution in [0.4, 0.5) is 13.2 Å². The highest BCUT2D eigenvalue weighted by molar-refractivity contribution is 5.94. The zero-order valence-electron chi connectivity index (χ0n) is 19.4. The summed E-state index contributed by atoms with van der Waals surface area (Å²) in [7, 11) is 0. The van der Waals surface area contributed by atoms with Crippen molar-refractivity contribution in [1.82, 2.24) is 14.8 Å². The van der Waals surface area contributed by atoms with Crippen molar-refractivity contribution < 1.29 is 27.8 Å². The number of piperidine rings is 1. The number of aliphatic hydroxyl groups is 1. The number of carbonyl (C=O) groups excluding carboxylic acids is 1. The van der Waals surface area contributed by atoms with Gasteiger partial charge in [0, 0.05) is 37.9 Å². The van der Waals surface area contributed by atoms with Crippen LogP contribution >= 0.6 is 0 Å². The van der Waals surface area contributed by atoms with E-state index in [9.17, 15) is 18.0 Å². The van der Waals surface area contributed by atoms with Gasteiger partial charge in [0.15, 0.2) is 0 Å². The first kappa shape index (κ1) is 24.5. The van der Waals surface area contributed by atoms with Gasteiger partial charge in [-0.05, 0) is 68.0 Å². The molecule has 0 unspecified atom stereocenters. The maximum Gasteiger partial charge on any atom is 0.433 e. The predicted octanol–water partition coefficient (Wildman–Crippen LogP) is 4.14. The molecular formula is C25H30F3N3O3. The van der Waals surface area contributed by atoms with Crippen molar-refractivity contribution in [3.8, 4) is 5.75 Å². The zero-order chi connectivity index (χ0) is 24.5. The molecule has 2 aromatic rings. The maximum absolute atomic E-state index is 13.0. The lowest BCUT2D eigenvalue weighted by Crippen LogP contribution is -2.57. The summed E-state index contributed by atoms with van der Waals surface area (Å²) in [5, 5.41) is 9.04. The van der Waals surface area contributed by atoms with E-state index in [0.717, 1.165) is 42.8 Å². The van der Waals surface area contributed by atoms with Gasteiger partial charge in [0.2, 0.25) is 0 Å². The number of amides is 1. The van der Waals surface area contributed by atoms with Crippen LogP contribution in [0.5, 0.6) is 5.75 Å². The number of hydrogen-bond acceptors (Lipinski definition) is 5. The minimum Gasteiger partial charge on any atom is -0.491 e. The molecule has 3 heterocycles. The summed E-state index contributed by atoms with van der Waals surface area (Å²) >= 11 is 0. The van der Waals surface area contributed by atoms with Crippen LogP contribution in [0, 0.1) is 13.8 Å². The molecule has 34 heavy (non-hydrogen) atoms. The van der Waals surface area contributed by atoms with Crippen LogP contribution in [0.2, 0.25) is 0 Å². The number of hydrogen-bond donors (Lipinski definition) is 1. The second-order valence-corrected chi connectivity index (χ2v) is 8.99. The molecule has 2 saturated heterocycles. The number of carbonyl (C=O) groups is 1. The summed E-state index contributed by atoms with van der Waals surface area (Å²) in [6, 6.07) is 6.58. The number of aliphatic hydroxyl groups excluding tert-OH is 1. The largest absolute Gasteiger partial charge is 0.491 e. The summed E-state index contributed by atoms with van der Waals surface area (Å²) in [4.78, 5) is 20.6. The quantitative estimate of drug-likeness (QED) is 0.701. The molecule has 0 radical (unpaired) electrons. The molecule has 0 aliphatic carbocycles. The van der Waals surface area contributed by atoms with Gasteiger partial charge in [0.1, 0.15) is 18.1 Å². The molecule has 2 aliphatic heterocycles. The summed E-state index contributed by atoms with van der Waals surface area (Å²) in [6.45, 7) is 6.12. The molecule has 0 bridgehead atoms. The number of halogens is 3. The van der Waals surface area contributed by atoms with Gasteiger partial charge in [-0.1, -0.05) is 6.07 Å². The van der Waals surface area contributed by atoms with E-state index in [1.54, 1.807) is 4.90 Å². The maximum atomic E-state index is 13.0. The summed E-state index contributed by atoms with van der Waals surface area (Å²) < 4.78 is 44.0. The Balaban J connectivity index is 1.47. The smallest absolute Gasteiger partial charge is 0.433 e. The Bertz CT molecular complexity index is 1030. The van der Waals surface area contributed by atoms with Gasteiger partial charge in [-0.2, -0.15) is 13.2 Å². The van der Waals surface area contributed by atoms with Crippen molar-refractivity contribution in [2.45, 2.75) is 51.4 Å². The third kappa shape index (κ3) is 4.90. The zero-order valence-corrected chi connectivity index (χ0v) is 19.4. The molecule has 1 aromatic heterocycles. The molecule has 9 heteroatoms. The molecule has 0 spiro atoms. The fourth-order valence-electron chi connectivity index (χ4n) is 5.13. The molecule has 1 N–H and O–H groups in total. The lowest BCUT2D eigenvalue weighted by molar-refractivity contribution is -0.141. The van der Waals surface area contributed by atoms with Crippen LogP contribution in [0.1, 0.15) is 58.0 Å². The van der Waals surface area contributed by atoms with Gasteiger partial charge in [-0.3, -0.25) is 14.7 Å². The van der Waals surface area contributed by atoms with Gasteiger partial charge < -0.3 is 14.7 Å². The van der Waals surface area contributed by atoms with Crippen LogP contribution in [0.25, 0.3) is 0 Å². The van der Waals surface area contributed by atoms with E-state index in [4.69, 9.17) is 9.84 Å². The average molecular weight is 478 g/mol. The van der Waals surface area contributed by atoms with Gasteiger partial charge in [0.25, 0.3) is 5.91 Å². The van der Waals surface area contributed by atoms with E-state index < -0.39 is 11.9 Å². The Morgan fingerprint density at radius 3 is 2.62 bits per heavy atom. The van der Waals surface area contributed by atoms with Crippen LogP contribution in [0.15, 0.2) is 30.5 Å². The first-order valence-electron chi connectivity index (χ1n) is 11.6. The molecule has 6 nitrogen and oxygen atoms in total. The standard InChI is InChI=1S/C25H30F3N3O3/c1-16-17(2)22(34-13-12-32)8-7-20(16)21-5-3-4-19-15-30(10-11-31(19)21)24(33)18-6-9-23(29-14-18)25(26,27)28/h6-9,14,19,21,32H,3-5,10-13,15H2,1-2H3/t19-,21+/m0/s1. The highest BCUT2D eigenvalue weighted by Crippen LogP contribution is 2.39. The first-order valence-corrected chi connectivity index (χ1v) is 11.6. The van der Waals surface area contributed by atoms with Crippen LogP contribution in [-0.2, 0) is 6.18 Å². The molecule has 184 valence electrons. The molecule has 0 saturated carbocycles. The van der Waals surface area contributed by atoms with Gasteiger partial charge in [-0.15, -0.1) is 0 Å². The third-order valence-electron chi connectivity index (χ3n) is 7.02. The SMILES string of the molecule is Cc1c(OCCO)ccc([C@H]2CCC[C@H]3CN(C(=O)c4ccc(C(F)(F)F)nc4)CCN32)c1C. The van der Waals surface area contributed by atoms with Crippen molar-refractivity contribution >= 4 is 5.91 Å². The number of fused-ring (bicyclic) bond motifs is 1. The Kier molecular flexibility index (Phi) is 7.14. The number of alkyl halides is 3. The Morgan fingerprint density at radius 1 is 1.15 bits per heavy atom. The molecule has 2 aliphatic rings. The fourth-order valence-corrected chi connectivity index (χ4v) is 5.13. The highest BCUT2D eigenvalue weighted by atomic mass is 19.4. The van der Waals surface area contributed by atoms with Gasteiger partial charge in [0.05, 0.1) is 12.2 Å². The summed E-state index contributed by atoms with van der Waals surface area (Å²) in [6.07, 6.45) is -0.458. The monoisotopic (exact) mass is 477 g/mol. The van der Waals surface area contributed by atoms with Crippen molar-refractivity contribution in [2.24, 2.45) is 0 Å². The molecular weight excluding hydrogens is 447 g/mol. The highest BCUT2D eigenvalue weighted by Gasteiger charge is 2.38. The van der Waals surface area contributed by atoms with E-state index in [1.165, 1.54) is 17.2 Å². The molecule has 2 fully saturated rings. The lowest BCUT2D eigenvalue weighted by Gasteiger charge is -2.48.